The first kappa shape index (κ1) is 10.2. The lowest BCUT2D eigenvalue weighted by atomic mass is 11.8. The minimum Gasteiger partial charge on any atom is -0.322 e. The monoisotopic (exact) mass is 194 g/mol. The molecular formula is CH5FO6P2. The highest BCUT2D eigenvalue weighted by atomic mass is 31.3. The topological polar surface area (TPSA) is 104 Å². The summed E-state index contributed by atoms with van der Waals surface area (Å²) in [5.74, 6) is 0. The van der Waals surface area contributed by atoms with E-state index >= 15 is 0 Å². The van der Waals surface area contributed by atoms with E-state index in [2.05, 4.69) is 4.31 Å². The van der Waals surface area contributed by atoms with E-state index in [1.54, 1.807) is 0 Å². The van der Waals surface area contributed by atoms with Gasteiger partial charge in [-0.05, 0) is 0 Å². The van der Waals surface area contributed by atoms with Gasteiger partial charge in [-0.15, -0.1) is 0 Å². The van der Waals surface area contributed by atoms with E-state index in [4.69, 9.17) is 14.7 Å². The number of hydrogen-bond donors (Lipinski definition) is 3. The molecule has 0 radical (unpaired) electrons. The van der Waals surface area contributed by atoms with Crippen LogP contribution >= 0.6 is 15.4 Å². The molecule has 3 N–H and O–H groups in total. The van der Waals surface area contributed by atoms with E-state index in [1.807, 2.05) is 0 Å². The van der Waals surface area contributed by atoms with Gasteiger partial charge in [0.25, 0.3) is 0 Å². The van der Waals surface area contributed by atoms with Crippen molar-refractivity contribution < 1.29 is 32.5 Å². The molecule has 0 amide bonds. The molecule has 0 spiro atoms. The van der Waals surface area contributed by atoms with Gasteiger partial charge in [0, 0.05) is 0 Å². The Morgan fingerprint density at radius 1 is 1.30 bits per heavy atom. The van der Waals surface area contributed by atoms with E-state index < -0.39 is 21.8 Å². The second-order valence-electron chi connectivity index (χ2n) is 1.33. The first-order chi connectivity index (χ1) is 4.27. The van der Waals surface area contributed by atoms with Gasteiger partial charge in [0.15, 0.2) is 6.42 Å². The lowest BCUT2D eigenvalue weighted by Crippen LogP contribution is -1.88. The Morgan fingerprint density at radius 2 is 1.70 bits per heavy atom. The number of hydrogen-bond acceptors (Lipinski definition) is 3. The molecule has 6 nitrogen and oxygen atoms in total. The third-order valence-electron chi connectivity index (χ3n) is 0.385. The van der Waals surface area contributed by atoms with Crippen molar-refractivity contribution in [3.8, 4) is 0 Å². The minimum absolute atomic E-state index is 1.82. The first-order valence-corrected chi connectivity index (χ1v) is 5.21. The molecule has 0 aliphatic rings. The zero-order valence-electron chi connectivity index (χ0n) is 4.55. The SMILES string of the molecule is O=P(O)(O)OP(=O)(O)CF. The molecule has 0 aromatic heterocycles. The molecule has 62 valence electrons. The molecule has 0 aromatic rings. The molecule has 0 bridgehead atoms. The maximum Gasteiger partial charge on any atom is 0.476 e. The predicted octanol–water partition coefficient (Wildman–Crippen LogP) is 0.208. The molecular weight excluding hydrogens is 189 g/mol. The Hall–Kier alpha value is 0.230. The normalized spacial score (nSPS) is 18.4. The number of halogens is 1. The third kappa shape index (κ3) is 5.05. The van der Waals surface area contributed by atoms with Gasteiger partial charge in [-0.25, -0.2) is 13.3 Å². The highest BCUT2D eigenvalue weighted by molar-refractivity contribution is 7.63. The van der Waals surface area contributed by atoms with Crippen molar-refractivity contribution in [1.29, 1.82) is 0 Å². The summed E-state index contributed by atoms with van der Waals surface area (Å²) in [6, 6.07) is 0. The summed E-state index contributed by atoms with van der Waals surface area (Å²) in [6.45, 7) is 0. The van der Waals surface area contributed by atoms with E-state index in [1.165, 1.54) is 0 Å². The molecule has 0 saturated heterocycles. The smallest absolute Gasteiger partial charge is 0.322 e. The summed E-state index contributed by atoms with van der Waals surface area (Å²) < 4.78 is 34.3. The van der Waals surface area contributed by atoms with Gasteiger partial charge < -0.3 is 14.7 Å². The van der Waals surface area contributed by atoms with Crippen molar-refractivity contribution in [2.45, 2.75) is 0 Å². The van der Waals surface area contributed by atoms with Gasteiger partial charge in [0.2, 0.25) is 0 Å². The van der Waals surface area contributed by atoms with Crippen LogP contribution in [0.3, 0.4) is 0 Å². The molecule has 10 heavy (non-hydrogen) atoms. The van der Waals surface area contributed by atoms with Crippen molar-refractivity contribution in [1.82, 2.24) is 0 Å². The summed E-state index contributed by atoms with van der Waals surface area (Å²) >= 11 is 0. The molecule has 0 rings (SSSR count). The maximum atomic E-state index is 11.3. The molecule has 0 aliphatic heterocycles. The van der Waals surface area contributed by atoms with Crippen LogP contribution in [-0.4, -0.2) is 21.1 Å². The summed E-state index contributed by atoms with van der Waals surface area (Å²) in [7, 11) is -9.78. The molecule has 1 atom stereocenters. The lowest BCUT2D eigenvalue weighted by Gasteiger charge is -2.07. The van der Waals surface area contributed by atoms with E-state index in [9.17, 15) is 13.5 Å². The molecule has 0 aromatic carbocycles. The van der Waals surface area contributed by atoms with Gasteiger partial charge >= 0.3 is 15.4 Å². The Bertz CT molecular complexity index is 194. The van der Waals surface area contributed by atoms with E-state index in [0.29, 0.717) is 0 Å². The van der Waals surface area contributed by atoms with Crippen LogP contribution in [0.4, 0.5) is 4.39 Å². The predicted molar refractivity (Wildman–Crippen MR) is 28.9 cm³/mol. The molecule has 0 saturated carbocycles. The van der Waals surface area contributed by atoms with Crippen LogP contribution in [0.25, 0.3) is 0 Å². The third-order valence-corrected chi connectivity index (χ3v) is 2.56. The Morgan fingerprint density at radius 3 is 1.80 bits per heavy atom. The van der Waals surface area contributed by atoms with Crippen LogP contribution in [0.5, 0.6) is 0 Å². The van der Waals surface area contributed by atoms with Crippen molar-refractivity contribution in [2.24, 2.45) is 0 Å². The van der Waals surface area contributed by atoms with Crippen LogP contribution in [0.1, 0.15) is 0 Å². The average molecular weight is 194 g/mol. The molecule has 0 aliphatic carbocycles. The second kappa shape index (κ2) is 3.09. The van der Waals surface area contributed by atoms with E-state index in [-0.39, 0.29) is 0 Å². The zero-order chi connectivity index (χ0) is 8.41. The molecule has 0 fully saturated rings. The number of rotatable bonds is 3. The van der Waals surface area contributed by atoms with Gasteiger partial charge in [-0.1, -0.05) is 0 Å². The largest absolute Gasteiger partial charge is 0.476 e. The van der Waals surface area contributed by atoms with Gasteiger partial charge in [-0.3, -0.25) is 4.57 Å². The minimum atomic E-state index is -5.06. The average Bonchev–Trinajstić information content (AvgIpc) is 1.60. The molecule has 9 heteroatoms. The number of alkyl halides is 1. The maximum absolute atomic E-state index is 11.3. The number of phosphoric acid groups is 1. The molecule has 1 unspecified atom stereocenters. The van der Waals surface area contributed by atoms with Gasteiger partial charge in [0.1, 0.15) is 0 Å². The fourth-order valence-corrected chi connectivity index (χ4v) is 1.69. The highest BCUT2D eigenvalue weighted by Crippen LogP contribution is 2.56. The van der Waals surface area contributed by atoms with Crippen LogP contribution in [0.15, 0.2) is 0 Å². The zero-order valence-corrected chi connectivity index (χ0v) is 6.33. The van der Waals surface area contributed by atoms with Gasteiger partial charge in [0.05, 0.1) is 0 Å². The molecule has 0 heterocycles. The van der Waals surface area contributed by atoms with Crippen molar-refractivity contribution in [3.05, 3.63) is 0 Å². The fourth-order valence-electron chi connectivity index (χ4n) is 0.188. The summed E-state index contributed by atoms with van der Waals surface area (Å²) in [6.07, 6.45) is -1.82. The van der Waals surface area contributed by atoms with Crippen molar-refractivity contribution in [2.75, 3.05) is 6.42 Å². The summed E-state index contributed by atoms with van der Waals surface area (Å²) in [4.78, 5) is 23.9. The van der Waals surface area contributed by atoms with Crippen molar-refractivity contribution in [3.63, 3.8) is 0 Å². The van der Waals surface area contributed by atoms with Gasteiger partial charge in [-0.2, -0.15) is 0 Å². The quantitative estimate of drug-likeness (QED) is 0.554. The Kier molecular flexibility index (Phi) is 3.16. The van der Waals surface area contributed by atoms with E-state index in [0.717, 1.165) is 0 Å². The van der Waals surface area contributed by atoms with Crippen LogP contribution in [-0.2, 0) is 13.4 Å². The van der Waals surface area contributed by atoms with Crippen molar-refractivity contribution >= 4 is 15.4 Å². The second-order valence-corrected chi connectivity index (χ2v) is 4.48. The summed E-state index contributed by atoms with van der Waals surface area (Å²) in [5, 5.41) is 0. The lowest BCUT2D eigenvalue weighted by molar-refractivity contribution is 0.257. The fraction of sp³-hybridized carbons (Fsp3) is 1.00. The van der Waals surface area contributed by atoms with Crippen LogP contribution in [0.2, 0.25) is 0 Å². The standard InChI is InChI=1S/CH5FO6P2/c2-1-9(3,4)8-10(5,6)7/h1H2,(H,3,4)(H2,5,6,7). The van der Waals surface area contributed by atoms with Crippen LogP contribution in [0, 0.1) is 0 Å². The summed E-state index contributed by atoms with van der Waals surface area (Å²) in [5.41, 5.74) is 0. The first-order valence-electron chi connectivity index (χ1n) is 1.91. The highest BCUT2D eigenvalue weighted by Gasteiger charge is 2.30. The Labute approximate surface area is 55.4 Å². The Balaban J connectivity index is 4.17. The van der Waals surface area contributed by atoms with Crippen LogP contribution < -0.4 is 0 Å².